The summed E-state index contributed by atoms with van der Waals surface area (Å²) in [6.45, 7) is -0.0149. The molecule has 3 N–H and O–H groups in total. The number of amides is 4. The first-order valence-electron chi connectivity index (χ1n) is 14.4. The summed E-state index contributed by atoms with van der Waals surface area (Å²) in [5, 5.41) is 28.0. The van der Waals surface area contributed by atoms with E-state index < -0.39 is 53.4 Å². The fourth-order valence-electron chi connectivity index (χ4n) is 7.21. The number of carboxylic acids is 2. The van der Waals surface area contributed by atoms with Gasteiger partial charge in [-0.15, -0.1) is 0 Å². The Kier molecular flexibility index (Phi) is 8.38. The highest BCUT2D eigenvalue weighted by Gasteiger charge is 2.61. The second kappa shape index (κ2) is 12.0. The predicted octanol–water partition coefficient (Wildman–Crippen LogP) is 2.31. The number of carboxylic acid groups (broad SMARTS) is 2. The van der Waals surface area contributed by atoms with Crippen LogP contribution in [0.25, 0.3) is 6.08 Å². The number of fused-ring (bicyclic) bond motifs is 4. The number of benzene rings is 1. The van der Waals surface area contributed by atoms with Crippen LogP contribution >= 0.6 is 0 Å². The Morgan fingerprint density at radius 3 is 2.09 bits per heavy atom. The number of aliphatic carboxylic acids is 2. The largest absolute Gasteiger partial charge is 0.504 e. The van der Waals surface area contributed by atoms with Gasteiger partial charge in [-0.25, -0.2) is 0 Å². The first-order valence-corrected chi connectivity index (χ1v) is 14.4. The number of carbonyl (C=O) groups excluding carboxylic acids is 4. The number of methoxy groups -OCH3 is 1. The molecule has 43 heavy (non-hydrogen) atoms. The molecule has 0 bridgehead atoms. The van der Waals surface area contributed by atoms with E-state index in [4.69, 9.17) is 14.9 Å². The van der Waals surface area contributed by atoms with Crippen molar-refractivity contribution in [2.24, 2.45) is 35.5 Å². The SMILES string of the molecule is COc1cc(C=C[C@H]2C3=CC[C@@H]4C(=O)N(CCCC(=O)O)C(=O)[C@@H]4[C@@H]3C[C@H]3C(=O)N(CCCC(=O)O)C(=O)[C@@H]23)ccc1O. The summed E-state index contributed by atoms with van der Waals surface area (Å²) in [5.41, 5.74) is 1.49. The molecule has 2 aliphatic carbocycles. The fourth-order valence-corrected chi connectivity index (χ4v) is 7.21. The number of aromatic hydroxyl groups is 1. The van der Waals surface area contributed by atoms with Crippen LogP contribution in [0.1, 0.15) is 44.1 Å². The standard InChI is InChI=1S/C31H34N2O10/c1-43-23-14-16(7-11-22(23)34)6-8-18-17-9-10-19-27(31(42)32(28(19)39)12-2-4-24(35)36)20(17)15-21-26(18)30(41)33(29(21)40)13-3-5-25(37)38/h6-9,11,14,18-21,26-27,34H,2-5,10,12-13,15H2,1H3,(H,35,36)(H,37,38)/t18-,19-,20+,21+,26-,27-/m0/s1. The molecule has 4 aliphatic rings. The minimum Gasteiger partial charge on any atom is -0.504 e. The van der Waals surface area contributed by atoms with Gasteiger partial charge in [0.05, 0.1) is 30.8 Å². The molecule has 0 aromatic heterocycles. The van der Waals surface area contributed by atoms with Crippen LogP contribution in [0.5, 0.6) is 11.5 Å². The van der Waals surface area contributed by atoms with Crippen LogP contribution in [0.3, 0.4) is 0 Å². The number of phenolic OH excluding ortho intramolecular Hbond substituents is 1. The lowest BCUT2D eigenvalue weighted by Crippen LogP contribution is -2.43. The number of rotatable bonds is 11. The van der Waals surface area contributed by atoms with Gasteiger partial charge < -0.3 is 20.1 Å². The van der Waals surface area contributed by atoms with Gasteiger partial charge in [0.15, 0.2) is 11.5 Å². The zero-order valence-electron chi connectivity index (χ0n) is 23.7. The van der Waals surface area contributed by atoms with Gasteiger partial charge in [0.25, 0.3) is 0 Å². The molecule has 6 atom stereocenters. The summed E-state index contributed by atoms with van der Waals surface area (Å²) in [6, 6.07) is 4.78. The van der Waals surface area contributed by atoms with E-state index in [1.54, 1.807) is 18.2 Å². The maximum atomic E-state index is 13.7. The Morgan fingerprint density at radius 1 is 0.884 bits per heavy atom. The van der Waals surface area contributed by atoms with Gasteiger partial charge in [0, 0.05) is 31.8 Å². The van der Waals surface area contributed by atoms with Crippen LogP contribution in [0, 0.1) is 35.5 Å². The average Bonchev–Trinajstić information content (AvgIpc) is 3.35. The molecule has 0 unspecified atom stereocenters. The number of ether oxygens (including phenoxy) is 1. The summed E-state index contributed by atoms with van der Waals surface area (Å²) in [5.74, 6) is -7.18. The van der Waals surface area contributed by atoms with E-state index in [-0.39, 0.29) is 80.8 Å². The molecule has 2 saturated heterocycles. The molecule has 4 amide bonds. The summed E-state index contributed by atoms with van der Waals surface area (Å²) in [6.07, 6.45) is 5.88. The molecule has 0 radical (unpaired) electrons. The lowest BCUT2D eigenvalue weighted by atomic mass is 9.58. The van der Waals surface area contributed by atoms with Crippen LogP contribution < -0.4 is 4.74 Å². The Labute approximate surface area is 247 Å². The first kappa shape index (κ1) is 30.0. The number of carbonyl (C=O) groups is 6. The van der Waals surface area contributed by atoms with Crippen molar-refractivity contribution in [2.45, 2.75) is 38.5 Å². The Bertz CT molecular complexity index is 1430. The minimum atomic E-state index is -1.03. The van der Waals surface area contributed by atoms with Gasteiger partial charge in [0.2, 0.25) is 23.6 Å². The highest BCUT2D eigenvalue weighted by Crippen LogP contribution is 2.55. The zero-order valence-corrected chi connectivity index (χ0v) is 23.7. The van der Waals surface area contributed by atoms with Crippen molar-refractivity contribution in [1.29, 1.82) is 0 Å². The number of hydrogen-bond donors (Lipinski definition) is 3. The quantitative estimate of drug-likeness (QED) is 0.254. The number of imide groups is 2. The average molecular weight is 595 g/mol. The molecular weight excluding hydrogens is 560 g/mol. The molecule has 0 spiro atoms. The van der Waals surface area contributed by atoms with E-state index in [9.17, 15) is 33.9 Å². The number of nitrogens with zero attached hydrogens (tertiary/aromatic N) is 2. The normalized spacial score (nSPS) is 28.2. The predicted molar refractivity (Wildman–Crippen MR) is 149 cm³/mol. The van der Waals surface area contributed by atoms with Crippen molar-refractivity contribution in [2.75, 3.05) is 20.2 Å². The van der Waals surface area contributed by atoms with Gasteiger partial charge >= 0.3 is 11.9 Å². The van der Waals surface area contributed by atoms with E-state index in [0.29, 0.717) is 5.56 Å². The van der Waals surface area contributed by atoms with Crippen molar-refractivity contribution in [3.63, 3.8) is 0 Å². The van der Waals surface area contributed by atoms with Crippen LogP contribution in [0.4, 0.5) is 0 Å². The molecule has 12 nitrogen and oxygen atoms in total. The molecular formula is C31H34N2O10. The molecule has 5 rings (SSSR count). The van der Waals surface area contributed by atoms with Gasteiger partial charge in [0.1, 0.15) is 0 Å². The van der Waals surface area contributed by atoms with Gasteiger partial charge in [-0.3, -0.25) is 38.6 Å². The number of phenols is 1. The van der Waals surface area contributed by atoms with E-state index in [2.05, 4.69) is 0 Å². The maximum absolute atomic E-state index is 13.7. The molecule has 2 aliphatic heterocycles. The summed E-state index contributed by atoms with van der Waals surface area (Å²) >= 11 is 0. The summed E-state index contributed by atoms with van der Waals surface area (Å²) in [7, 11) is 1.43. The zero-order chi connectivity index (χ0) is 31.0. The van der Waals surface area contributed by atoms with Crippen molar-refractivity contribution >= 4 is 41.6 Å². The molecule has 1 saturated carbocycles. The van der Waals surface area contributed by atoms with Gasteiger partial charge in [-0.2, -0.15) is 0 Å². The Morgan fingerprint density at radius 2 is 1.49 bits per heavy atom. The van der Waals surface area contributed by atoms with Gasteiger partial charge in [-0.1, -0.05) is 29.9 Å². The monoisotopic (exact) mass is 594 g/mol. The molecule has 1 aromatic rings. The van der Waals surface area contributed by atoms with Crippen LogP contribution in [-0.2, 0) is 28.8 Å². The van der Waals surface area contributed by atoms with E-state index in [1.807, 2.05) is 12.2 Å². The molecule has 1 aromatic carbocycles. The maximum Gasteiger partial charge on any atom is 0.303 e. The van der Waals surface area contributed by atoms with Gasteiger partial charge in [-0.05, 0) is 49.3 Å². The third-order valence-electron chi connectivity index (χ3n) is 9.13. The lowest BCUT2D eigenvalue weighted by molar-refractivity contribution is -0.143. The summed E-state index contributed by atoms with van der Waals surface area (Å²) < 4.78 is 5.20. The van der Waals surface area contributed by atoms with E-state index in [1.165, 1.54) is 13.2 Å². The fraction of sp³-hybridized carbons (Fsp3) is 0.484. The lowest BCUT2D eigenvalue weighted by Gasteiger charge is -2.42. The molecule has 2 heterocycles. The smallest absolute Gasteiger partial charge is 0.303 e. The van der Waals surface area contributed by atoms with Crippen LogP contribution in [0.2, 0.25) is 0 Å². The number of allylic oxidation sites excluding steroid dienone is 3. The molecule has 3 fully saturated rings. The second-order valence-corrected chi connectivity index (χ2v) is 11.5. The van der Waals surface area contributed by atoms with Crippen molar-refractivity contribution in [3.05, 3.63) is 41.5 Å². The number of likely N-dealkylation sites (tertiary alicyclic amines) is 2. The van der Waals surface area contributed by atoms with Crippen LogP contribution in [-0.4, -0.2) is 80.9 Å². The van der Waals surface area contributed by atoms with E-state index >= 15 is 0 Å². The number of hydrogen-bond acceptors (Lipinski definition) is 8. The van der Waals surface area contributed by atoms with Crippen molar-refractivity contribution in [1.82, 2.24) is 9.80 Å². The second-order valence-electron chi connectivity index (χ2n) is 11.5. The van der Waals surface area contributed by atoms with E-state index in [0.717, 1.165) is 15.4 Å². The molecule has 228 valence electrons. The third kappa shape index (κ3) is 5.53. The highest BCUT2D eigenvalue weighted by molar-refractivity contribution is 6.07. The Balaban J connectivity index is 1.48. The first-order chi connectivity index (χ1) is 20.5. The highest BCUT2D eigenvalue weighted by atomic mass is 16.5. The topological polar surface area (TPSA) is 179 Å². The van der Waals surface area contributed by atoms with Crippen molar-refractivity contribution < 1.29 is 48.8 Å². The molecule has 12 heteroatoms. The van der Waals surface area contributed by atoms with Crippen molar-refractivity contribution in [3.8, 4) is 11.5 Å². The summed E-state index contributed by atoms with van der Waals surface area (Å²) in [4.78, 5) is 78.5. The van der Waals surface area contributed by atoms with Crippen LogP contribution in [0.15, 0.2) is 35.9 Å². The third-order valence-corrected chi connectivity index (χ3v) is 9.13. The minimum absolute atomic E-state index is 0.00582. The Hall–Kier alpha value is -4.48.